The number of hydrogen-bond acceptors (Lipinski definition) is 3. The van der Waals surface area contributed by atoms with Crippen molar-refractivity contribution in [2.75, 3.05) is 32.7 Å². The fourth-order valence-corrected chi connectivity index (χ4v) is 4.33. The molecule has 0 unspecified atom stereocenters. The van der Waals surface area contributed by atoms with E-state index in [0.717, 1.165) is 50.0 Å². The summed E-state index contributed by atoms with van der Waals surface area (Å²) in [5, 5.41) is 9.27. The Morgan fingerprint density at radius 2 is 1.56 bits per heavy atom. The summed E-state index contributed by atoms with van der Waals surface area (Å²) >= 11 is 0. The Kier molecular flexibility index (Phi) is 4.73. The van der Waals surface area contributed by atoms with E-state index in [4.69, 9.17) is 0 Å². The lowest BCUT2D eigenvalue weighted by Crippen LogP contribution is -2.30. The molecule has 0 amide bonds. The number of phenols is 1. The summed E-state index contributed by atoms with van der Waals surface area (Å²) in [6.07, 6.45) is 0.838. The van der Waals surface area contributed by atoms with Gasteiger partial charge in [0, 0.05) is 39.3 Å². The van der Waals surface area contributed by atoms with E-state index < -0.39 is 5.82 Å². The monoisotopic (exact) mass is 340 g/mol. The number of hydrogen-bond donors (Lipinski definition) is 1. The van der Waals surface area contributed by atoms with Crippen LogP contribution in [-0.2, 0) is 13.0 Å². The van der Waals surface area contributed by atoms with E-state index in [1.54, 1.807) is 0 Å². The second kappa shape index (κ2) is 7.14. The molecule has 4 heteroatoms. The first-order valence-corrected chi connectivity index (χ1v) is 9.13. The standard InChI is InChI=1S/C21H25FN2O/c22-20-10-16(6-7-21(20)25)8-9-23-12-18-14-24(15-19(18)13-23)11-17-4-2-1-3-5-17/h1-7,10,18-19,25H,8-9,11-15H2/t18-,19+. The minimum Gasteiger partial charge on any atom is -0.505 e. The van der Waals surface area contributed by atoms with Crippen LogP contribution in [-0.4, -0.2) is 47.6 Å². The highest BCUT2D eigenvalue weighted by molar-refractivity contribution is 5.28. The smallest absolute Gasteiger partial charge is 0.165 e. The van der Waals surface area contributed by atoms with Gasteiger partial charge < -0.3 is 10.0 Å². The maximum atomic E-state index is 13.4. The minimum absolute atomic E-state index is 0.266. The quantitative estimate of drug-likeness (QED) is 0.906. The molecule has 25 heavy (non-hydrogen) atoms. The van der Waals surface area contributed by atoms with Crippen molar-refractivity contribution >= 4 is 0 Å². The van der Waals surface area contributed by atoms with Crippen molar-refractivity contribution in [2.45, 2.75) is 13.0 Å². The van der Waals surface area contributed by atoms with E-state index in [1.807, 2.05) is 6.07 Å². The van der Waals surface area contributed by atoms with Gasteiger partial charge in [0.15, 0.2) is 11.6 Å². The minimum atomic E-state index is -0.521. The summed E-state index contributed by atoms with van der Waals surface area (Å²) in [5.41, 5.74) is 2.35. The third-order valence-corrected chi connectivity index (χ3v) is 5.62. The van der Waals surface area contributed by atoms with Crippen LogP contribution in [0.15, 0.2) is 48.5 Å². The highest BCUT2D eigenvalue weighted by Crippen LogP contribution is 2.32. The normalized spacial score (nSPS) is 23.9. The van der Waals surface area contributed by atoms with Crippen molar-refractivity contribution in [1.82, 2.24) is 9.80 Å². The van der Waals surface area contributed by atoms with Crippen molar-refractivity contribution in [3.05, 3.63) is 65.5 Å². The molecule has 2 fully saturated rings. The van der Waals surface area contributed by atoms with E-state index in [-0.39, 0.29) is 5.75 Å². The Morgan fingerprint density at radius 3 is 2.24 bits per heavy atom. The zero-order chi connectivity index (χ0) is 17.2. The summed E-state index contributed by atoms with van der Waals surface area (Å²) in [6, 6.07) is 15.4. The number of phenolic OH excluding ortho intramolecular Hbond substituents is 1. The molecular formula is C21H25FN2O. The molecule has 0 aliphatic carbocycles. The Morgan fingerprint density at radius 1 is 0.880 bits per heavy atom. The van der Waals surface area contributed by atoms with Crippen molar-refractivity contribution in [1.29, 1.82) is 0 Å². The molecule has 2 aromatic carbocycles. The van der Waals surface area contributed by atoms with E-state index >= 15 is 0 Å². The van der Waals surface area contributed by atoms with Gasteiger partial charge in [0.05, 0.1) is 0 Å². The van der Waals surface area contributed by atoms with E-state index in [2.05, 4.69) is 40.1 Å². The third-order valence-electron chi connectivity index (χ3n) is 5.62. The zero-order valence-electron chi connectivity index (χ0n) is 14.4. The average Bonchev–Trinajstić information content (AvgIpc) is 3.15. The first-order valence-electron chi connectivity index (χ1n) is 9.13. The number of aromatic hydroxyl groups is 1. The van der Waals surface area contributed by atoms with E-state index in [9.17, 15) is 9.50 Å². The molecule has 2 atom stereocenters. The van der Waals surface area contributed by atoms with Gasteiger partial charge in [-0.3, -0.25) is 4.90 Å². The molecule has 2 heterocycles. The van der Waals surface area contributed by atoms with Crippen LogP contribution >= 0.6 is 0 Å². The van der Waals surface area contributed by atoms with Gasteiger partial charge in [-0.1, -0.05) is 36.4 Å². The second-order valence-corrected chi connectivity index (χ2v) is 7.50. The van der Waals surface area contributed by atoms with Crippen LogP contribution in [0.3, 0.4) is 0 Å². The maximum Gasteiger partial charge on any atom is 0.165 e. The van der Waals surface area contributed by atoms with Crippen LogP contribution in [0.2, 0.25) is 0 Å². The Labute approximate surface area is 148 Å². The largest absolute Gasteiger partial charge is 0.505 e. The van der Waals surface area contributed by atoms with Crippen LogP contribution < -0.4 is 0 Å². The molecule has 0 bridgehead atoms. The summed E-state index contributed by atoms with van der Waals surface area (Å²) in [4.78, 5) is 5.09. The lowest BCUT2D eigenvalue weighted by Gasteiger charge is -2.21. The molecule has 4 rings (SSSR count). The summed E-state index contributed by atoms with van der Waals surface area (Å²) < 4.78 is 13.4. The fourth-order valence-electron chi connectivity index (χ4n) is 4.33. The average molecular weight is 340 g/mol. The Balaban J connectivity index is 1.26. The first kappa shape index (κ1) is 16.6. The summed E-state index contributed by atoms with van der Waals surface area (Å²) in [6.45, 7) is 6.69. The third kappa shape index (κ3) is 3.86. The zero-order valence-corrected chi connectivity index (χ0v) is 14.4. The molecule has 0 spiro atoms. The van der Waals surface area contributed by atoms with Gasteiger partial charge in [-0.15, -0.1) is 0 Å². The molecule has 2 aromatic rings. The lowest BCUT2D eigenvalue weighted by molar-refractivity contribution is 0.252. The molecule has 132 valence electrons. The number of halogens is 1. The van der Waals surface area contributed by atoms with Gasteiger partial charge in [-0.25, -0.2) is 4.39 Å². The van der Waals surface area contributed by atoms with Crippen molar-refractivity contribution in [3.8, 4) is 5.75 Å². The SMILES string of the molecule is Oc1ccc(CCN2C[C@@H]3CN(Cc4ccccc4)C[C@@H]3C2)cc1F. The highest BCUT2D eigenvalue weighted by atomic mass is 19.1. The number of fused-ring (bicyclic) bond motifs is 1. The number of benzene rings is 2. The molecular weight excluding hydrogens is 315 g/mol. The second-order valence-electron chi connectivity index (χ2n) is 7.50. The van der Waals surface area contributed by atoms with Crippen LogP contribution in [0.25, 0.3) is 0 Å². The van der Waals surface area contributed by atoms with Gasteiger partial charge >= 0.3 is 0 Å². The predicted molar refractivity (Wildman–Crippen MR) is 96.9 cm³/mol. The number of likely N-dealkylation sites (tertiary alicyclic amines) is 2. The topological polar surface area (TPSA) is 26.7 Å². The van der Waals surface area contributed by atoms with Crippen LogP contribution in [0.5, 0.6) is 5.75 Å². The van der Waals surface area contributed by atoms with Gasteiger partial charge in [0.25, 0.3) is 0 Å². The molecule has 0 saturated carbocycles. The lowest BCUT2D eigenvalue weighted by atomic mass is 10.0. The van der Waals surface area contributed by atoms with Gasteiger partial charge in [-0.05, 0) is 41.5 Å². The number of nitrogens with zero attached hydrogens (tertiary/aromatic N) is 2. The maximum absolute atomic E-state index is 13.4. The molecule has 1 N–H and O–H groups in total. The summed E-state index contributed by atoms with van der Waals surface area (Å²) in [5.74, 6) is 0.742. The molecule has 2 saturated heterocycles. The highest BCUT2D eigenvalue weighted by Gasteiger charge is 2.39. The van der Waals surface area contributed by atoms with Crippen LogP contribution in [0.4, 0.5) is 4.39 Å². The molecule has 0 radical (unpaired) electrons. The molecule has 0 aromatic heterocycles. The van der Waals surface area contributed by atoms with Gasteiger partial charge in [0.1, 0.15) is 0 Å². The summed E-state index contributed by atoms with van der Waals surface area (Å²) in [7, 11) is 0. The Bertz CT molecular complexity index is 707. The van der Waals surface area contributed by atoms with E-state index in [0.29, 0.717) is 0 Å². The van der Waals surface area contributed by atoms with Crippen molar-refractivity contribution in [3.63, 3.8) is 0 Å². The predicted octanol–water partition coefficient (Wildman–Crippen LogP) is 3.14. The van der Waals surface area contributed by atoms with Crippen LogP contribution in [0, 0.1) is 17.7 Å². The molecule has 3 nitrogen and oxygen atoms in total. The molecule has 2 aliphatic heterocycles. The fraction of sp³-hybridized carbons (Fsp3) is 0.429. The van der Waals surface area contributed by atoms with Gasteiger partial charge in [0.2, 0.25) is 0 Å². The van der Waals surface area contributed by atoms with Gasteiger partial charge in [-0.2, -0.15) is 0 Å². The van der Waals surface area contributed by atoms with Crippen molar-refractivity contribution < 1.29 is 9.50 Å². The van der Waals surface area contributed by atoms with Crippen LogP contribution in [0.1, 0.15) is 11.1 Å². The number of rotatable bonds is 5. The molecule has 2 aliphatic rings. The Hall–Kier alpha value is -1.91. The first-order chi connectivity index (χ1) is 12.2. The van der Waals surface area contributed by atoms with E-state index in [1.165, 1.54) is 30.8 Å². The van der Waals surface area contributed by atoms with Crippen molar-refractivity contribution in [2.24, 2.45) is 11.8 Å².